The van der Waals surface area contributed by atoms with Crippen molar-refractivity contribution in [3.8, 4) is 11.8 Å². The van der Waals surface area contributed by atoms with Crippen LogP contribution < -0.4 is 5.32 Å². The second-order valence-corrected chi connectivity index (χ2v) is 6.76. The number of aliphatic carboxylic acids is 1. The summed E-state index contributed by atoms with van der Waals surface area (Å²) in [6, 6.07) is 13.3. The number of carboxylic acid groups (broad SMARTS) is 1. The van der Waals surface area contributed by atoms with Crippen molar-refractivity contribution in [2.24, 2.45) is 5.92 Å². The fourth-order valence-corrected chi connectivity index (χ4v) is 2.74. The van der Waals surface area contributed by atoms with E-state index in [9.17, 15) is 14.7 Å². The van der Waals surface area contributed by atoms with Crippen molar-refractivity contribution in [2.45, 2.75) is 25.3 Å². The fraction of sp³-hybridized carbons (Fsp3) is 0.238. The van der Waals surface area contributed by atoms with Gasteiger partial charge in [-0.05, 0) is 42.7 Å². The van der Waals surface area contributed by atoms with Gasteiger partial charge in [0.2, 0.25) is 0 Å². The first-order chi connectivity index (χ1) is 12.5. The zero-order valence-electron chi connectivity index (χ0n) is 14.0. The summed E-state index contributed by atoms with van der Waals surface area (Å²) in [5, 5.41) is 12.3. The molecule has 1 saturated carbocycles. The molecule has 0 radical (unpaired) electrons. The highest BCUT2D eigenvalue weighted by molar-refractivity contribution is 6.31. The van der Waals surface area contributed by atoms with Gasteiger partial charge in [-0.1, -0.05) is 54.5 Å². The summed E-state index contributed by atoms with van der Waals surface area (Å²) < 4.78 is 0. The second-order valence-electron chi connectivity index (χ2n) is 6.35. The first-order valence-corrected chi connectivity index (χ1v) is 8.81. The standard InChI is InChI=1S/C21H18ClNO3/c22-18-11-10-17(13-16(18)9-8-14-4-2-1-3-5-14)20(24)23-19(21(25)26)12-15-6-7-15/h1-5,10-11,13,15,19H,6-7,12H2,(H,23,24)(H,25,26)/t19-/m1/s1. The Morgan fingerprint density at radius 2 is 1.88 bits per heavy atom. The van der Waals surface area contributed by atoms with Gasteiger partial charge in [0.05, 0.1) is 5.02 Å². The number of carbonyl (C=O) groups excluding carboxylic acids is 1. The van der Waals surface area contributed by atoms with E-state index >= 15 is 0 Å². The summed E-state index contributed by atoms with van der Waals surface area (Å²) in [7, 11) is 0. The molecule has 4 nitrogen and oxygen atoms in total. The SMILES string of the molecule is O=C(N[C@H](CC1CC1)C(=O)O)c1ccc(Cl)c(C#Cc2ccccc2)c1. The van der Waals surface area contributed by atoms with Gasteiger partial charge in [-0.25, -0.2) is 4.79 Å². The Morgan fingerprint density at radius 1 is 1.15 bits per heavy atom. The number of carbonyl (C=O) groups is 2. The molecule has 3 rings (SSSR count). The molecule has 0 aromatic heterocycles. The molecular formula is C21H18ClNO3. The molecule has 1 fully saturated rings. The monoisotopic (exact) mass is 367 g/mol. The number of rotatable bonds is 5. The lowest BCUT2D eigenvalue weighted by Crippen LogP contribution is -2.41. The third-order valence-corrected chi connectivity index (χ3v) is 4.54. The molecule has 1 atom stereocenters. The van der Waals surface area contributed by atoms with Crippen LogP contribution in [0, 0.1) is 17.8 Å². The van der Waals surface area contributed by atoms with Crippen LogP contribution in [0.5, 0.6) is 0 Å². The van der Waals surface area contributed by atoms with E-state index in [4.69, 9.17) is 11.6 Å². The molecule has 1 amide bonds. The first kappa shape index (κ1) is 18.0. The largest absolute Gasteiger partial charge is 0.480 e. The maximum atomic E-state index is 12.4. The molecule has 0 aliphatic heterocycles. The van der Waals surface area contributed by atoms with Gasteiger partial charge in [-0.15, -0.1) is 0 Å². The number of benzene rings is 2. The third kappa shape index (κ3) is 4.87. The molecule has 0 heterocycles. The van der Waals surface area contributed by atoms with Crippen molar-refractivity contribution in [3.63, 3.8) is 0 Å². The maximum Gasteiger partial charge on any atom is 0.326 e. The van der Waals surface area contributed by atoms with Gasteiger partial charge in [-0.2, -0.15) is 0 Å². The summed E-state index contributed by atoms with van der Waals surface area (Å²) in [6.07, 6.45) is 2.52. The number of hydrogen-bond donors (Lipinski definition) is 2. The minimum absolute atomic E-state index is 0.341. The predicted molar refractivity (Wildman–Crippen MR) is 100 cm³/mol. The van der Waals surface area contributed by atoms with E-state index in [1.807, 2.05) is 30.3 Å². The Balaban J connectivity index is 1.76. The Hall–Kier alpha value is -2.77. The number of amides is 1. The Labute approximate surface area is 157 Å². The van der Waals surface area contributed by atoms with E-state index in [0.29, 0.717) is 28.5 Å². The molecule has 1 aliphatic rings. The molecule has 0 saturated heterocycles. The van der Waals surface area contributed by atoms with Crippen molar-refractivity contribution in [3.05, 3.63) is 70.2 Å². The highest BCUT2D eigenvalue weighted by Crippen LogP contribution is 2.33. The van der Waals surface area contributed by atoms with Crippen LogP contribution >= 0.6 is 11.6 Å². The predicted octanol–water partition coefficient (Wildman–Crippen LogP) is 3.72. The first-order valence-electron chi connectivity index (χ1n) is 8.43. The summed E-state index contributed by atoms with van der Waals surface area (Å²) >= 11 is 6.17. The molecule has 2 N–H and O–H groups in total. The van der Waals surface area contributed by atoms with Crippen molar-refractivity contribution >= 4 is 23.5 Å². The molecule has 2 aromatic carbocycles. The molecule has 2 aromatic rings. The van der Waals surface area contributed by atoms with Crippen LogP contribution in [0.1, 0.15) is 40.7 Å². The van der Waals surface area contributed by atoms with E-state index in [0.717, 1.165) is 18.4 Å². The van der Waals surface area contributed by atoms with E-state index in [-0.39, 0.29) is 0 Å². The molecule has 132 valence electrons. The number of carboxylic acids is 1. The molecule has 0 unspecified atom stereocenters. The van der Waals surface area contributed by atoms with Gasteiger partial charge in [0.15, 0.2) is 0 Å². The maximum absolute atomic E-state index is 12.4. The quantitative estimate of drug-likeness (QED) is 0.791. The molecule has 26 heavy (non-hydrogen) atoms. The number of halogens is 1. The molecule has 1 aliphatic carbocycles. The molecule has 0 spiro atoms. The van der Waals surface area contributed by atoms with Crippen molar-refractivity contribution in [1.82, 2.24) is 5.32 Å². The van der Waals surface area contributed by atoms with Gasteiger partial charge in [0.25, 0.3) is 5.91 Å². The Kier molecular flexibility index (Phi) is 5.60. The lowest BCUT2D eigenvalue weighted by atomic mass is 10.1. The lowest BCUT2D eigenvalue weighted by Gasteiger charge is -2.14. The van der Waals surface area contributed by atoms with Gasteiger partial charge in [0, 0.05) is 16.7 Å². The van der Waals surface area contributed by atoms with Gasteiger partial charge >= 0.3 is 5.97 Å². The highest BCUT2D eigenvalue weighted by atomic mass is 35.5. The smallest absolute Gasteiger partial charge is 0.326 e. The van der Waals surface area contributed by atoms with Crippen LogP contribution in [-0.4, -0.2) is 23.0 Å². The summed E-state index contributed by atoms with van der Waals surface area (Å²) in [6.45, 7) is 0. The van der Waals surface area contributed by atoms with Gasteiger partial charge < -0.3 is 10.4 Å². The topological polar surface area (TPSA) is 66.4 Å². The summed E-state index contributed by atoms with van der Waals surface area (Å²) in [4.78, 5) is 23.8. The number of hydrogen-bond acceptors (Lipinski definition) is 2. The van der Waals surface area contributed by atoms with E-state index in [1.54, 1.807) is 18.2 Å². The third-order valence-electron chi connectivity index (χ3n) is 4.21. The minimum atomic E-state index is -1.01. The molecule has 0 bridgehead atoms. The lowest BCUT2D eigenvalue weighted by molar-refractivity contribution is -0.139. The van der Waals surface area contributed by atoms with Crippen LogP contribution in [0.4, 0.5) is 0 Å². The Bertz CT molecular complexity index is 879. The van der Waals surface area contributed by atoms with E-state index in [2.05, 4.69) is 17.2 Å². The van der Waals surface area contributed by atoms with Crippen LogP contribution in [-0.2, 0) is 4.79 Å². The van der Waals surface area contributed by atoms with Crippen molar-refractivity contribution in [2.75, 3.05) is 0 Å². The second kappa shape index (κ2) is 8.07. The molecular weight excluding hydrogens is 350 g/mol. The van der Waals surface area contributed by atoms with Crippen LogP contribution in [0.2, 0.25) is 5.02 Å². The van der Waals surface area contributed by atoms with E-state index in [1.165, 1.54) is 0 Å². The Morgan fingerprint density at radius 3 is 2.54 bits per heavy atom. The summed E-state index contributed by atoms with van der Waals surface area (Å²) in [5.74, 6) is 4.92. The minimum Gasteiger partial charge on any atom is -0.480 e. The van der Waals surface area contributed by atoms with Crippen molar-refractivity contribution in [1.29, 1.82) is 0 Å². The van der Waals surface area contributed by atoms with Gasteiger partial charge in [0.1, 0.15) is 6.04 Å². The average Bonchev–Trinajstić information content (AvgIpc) is 3.45. The zero-order valence-corrected chi connectivity index (χ0v) is 14.8. The molecule has 5 heteroatoms. The average molecular weight is 368 g/mol. The summed E-state index contributed by atoms with van der Waals surface area (Å²) in [5.41, 5.74) is 1.71. The van der Waals surface area contributed by atoms with Gasteiger partial charge in [-0.3, -0.25) is 4.79 Å². The fourth-order valence-electron chi connectivity index (χ4n) is 2.57. The van der Waals surface area contributed by atoms with Crippen LogP contribution in [0.3, 0.4) is 0 Å². The van der Waals surface area contributed by atoms with E-state index < -0.39 is 17.9 Å². The van der Waals surface area contributed by atoms with Crippen LogP contribution in [0.25, 0.3) is 0 Å². The van der Waals surface area contributed by atoms with Crippen molar-refractivity contribution < 1.29 is 14.7 Å². The normalized spacial score (nSPS) is 14.0. The zero-order chi connectivity index (χ0) is 18.5. The highest BCUT2D eigenvalue weighted by Gasteiger charge is 2.30. The number of nitrogens with one attached hydrogen (secondary N) is 1. The van der Waals surface area contributed by atoms with Crippen LogP contribution in [0.15, 0.2) is 48.5 Å².